The molecule has 0 aliphatic heterocycles. The Bertz CT molecular complexity index is 476. The van der Waals surface area contributed by atoms with E-state index in [4.69, 9.17) is 0 Å². The standard InChI is InChI=1S/C12H22N2O2S2/c1-5-12(3,6-2)14-18(15,16)11-7-10(8-13-4)9-17-11/h7,9,13-14H,5-6,8H2,1-4H3. The van der Waals surface area contributed by atoms with E-state index in [1.165, 1.54) is 11.3 Å². The Morgan fingerprint density at radius 3 is 2.44 bits per heavy atom. The second-order valence-electron chi connectivity index (χ2n) is 4.68. The van der Waals surface area contributed by atoms with Crippen LogP contribution in [-0.2, 0) is 16.6 Å². The van der Waals surface area contributed by atoms with Crippen LogP contribution in [0.3, 0.4) is 0 Å². The maximum Gasteiger partial charge on any atom is 0.250 e. The molecule has 0 aliphatic carbocycles. The Morgan fingerprint density at radius 1 is 1.33 bits per heavy atom. The second kappa shape index (κ2) is 6.14. The summed E-state index contributed by atoms with van der Waals surface area (Å²) in [5.41, 5.74) is 0.629. The maximum atomic E-state index is 12.3. The topological polar surface area (TPSA) is 58.2 Å². The van der Waals surface area contributed by atoms with Crippen molar-refractivity contribution < 1.29 is 8.42 Å². The van der Waals surface area contributed by atoms with Crippen molar-refractivity contribution >= 4 is 21.4 Å². The number of thiophene rings is 1. The van der Waals surface area contributed by atoms with Crippen molar-refractivity contribution in [1.29, 1.82) is 0 Å². The Hall–Kier alpha value is -0.430. The Balaban J connectivity index is 2.92. The summed E-state index contributed by atoms with van der Waals surface area (Å²) in [4.78, 5) is 0. The average Bonchev–Trinajstić information content (AvgIpc) is 2.78. The van der Waals surface area contributed by atoms with Crippen LogP contribution in [-0.4, -0.2) is 21.0 Å². The molecule has 0 saturated carbocycles. The smallest absolute Gasteiger partial charge is 0.250 e. The highest BCUT2D eigenvalue weighted by molar-refractivity contribution is 7.91. The van der Waals surface area contributed by atoms with Gasteiger partial charge in [0.15, 0.2) is 0 Å². The van der Waals surface area contributed by atoms with Gasteiger partial charge < -0.3 is 5.32 Å². The molecule has 0 radical (unpaired) electrons. The first-order chi connectivity index (χ1) is 8.37. The highest BCUT2D eigenvalue weighted by atomic mass is 32.2. The Labute approximate surface area is 114 Å². The molecule has 0 saturated heterocycles. The first-order valence-corrected chi connectivity index (χ1v) is 8.49. The van der Waals surface area contributed by atoms with Crippen LogP contribution in [0.15, 0.2) is 15.7 Å². The second-order valence-corrected chi connectivity index (χ2v) is 7.50. The zero-order valence-electron chi connectivity index (χ0n) is 11.4. The molecule has 2 N–H and O–H groups in total. The molecule has 1 aromatic heterocycles. The molecule has 0 aliphatic rings. The van der Waals surface area contributed by atoms with Crippen LogP contribution < -0.4 is 10.0 Å². The third kappa shape index (κ3) is 3.78. The van der Waals surface area contributed by atoms with Gasteiger partial charge in [0.2, 0.25) is 0 Å². The Morgan fingerprint density at radius 2 is 1.94 bits per heavy atom. The van der Waals surface area contributed by atoms with Crippen LogP contribution in [0.5, 0.6) is 0 Å². The van der Waals surface area contributed by atoms with Gasteiger partial charge in [-0.15, -0.1) is 11.3 Å². The van der Waals surface area contributed by atoms with Crippen molar-refractivity contribution in [3.05, 3.63) is 17.0 Å². The first kappa shape index (κ1) is 15.6. The number of hydrogen-bond donors (Lipinski definition) is 2. The molecule has 4 nitrogen and oxygen atoms in total. The predicted molar refractivity (Wildman–Crippen MR) is 76.4 cm³/mol. The van der Waals surface area contributed by atoms with Gasteiger partial charge in [-0.3, -0.25) is 0 Å². The van der Waals surface area contributed by atoms with E-state index in [1.54, 1.807) is 6.07 Å². The summed E-state index contributed by atoms with van der Waals surface area (Å²) in [7, 11) is -1.56. The third-order valence-corrected chi connectivity index (χ3v) is 6.34. The summed E-state index contributed by atoms with van der Waals surface area (Å²) in [6, 6.07) is 1.73. The molecular formula is C12H22N2O2S2. The number of hydrogen-bond acceptors (Lipinski definition) is 4. The highest BCUT2D eigenvalue weighted by Crippen LogP contribution is 2.24. The third-order valence-electron chi connectivity index (χ3n) is 3.22. The minimum Gasteiger partial charge on any atom is -0.316 e. The number of nitrogens with one attached hydrogen (secondary N) is 2. The molecule has 0 fully saturated rings. The summed E-state index contributed by atoms with van der Waals surface area (Å²) in [5.74, 6) is 0. The highest BCUT2D eigenvalue weighted by Gasteiger charge is 2.28. The number of rotatable bonds is 7. The van der Waals surface area contributed by atoms with Gasteiger partial charge in [-0.2, -0.15) is 0 Å². The molecular weight excluding hydrogens is 268 g/mol. The van der Waals surface area contributed by atoms with Crippen LogP contribution >= 0.6 is 11.3 Å². The summed E-state index contributed by atoms with van der Waals surface area (Å²) in [6.45, 7) is 6.61. The number of sulfonamides is 1. The fourth-order valence-electron chi connectivity index (χ4n) is 1.56. The van der Waals surface area contributed by atoms with Crippen molar-refractivity contribution in [3.63, 3.8) is 0 Å². The molecule has 0 bridgehead atoms. The molecule has 0 spiro atoms. The summed E-state index contributed by atoms with van der Waals surface area (Å²) >= 11 is 1.27. The monoisotopic (exact) mass is 290 g/mol. The van der Waals surface area contributed by atoms with E-state index in [9.17, 15) is 8.42 Å². The quantitative estimate of drug-likeness (QED) is 0.810. The molecule has 1 aromatic rings. The lowest BCUT2D eigenvalue weighted by molar-refractivity contribution is 0.389. The van der Waals surface area contributed by atoms with E-state index in [0.29, 0.717) is 10.8 Å². The SMILES string of the molecule is CCC(C)(CC)NS(=O)(=O)c1cc(CNC)cs1. The van der Waals surface area contributed by atoms with Crippen molar-refractivity contribution in [2.24, 2.45) is 0 Å². The van der Waals surface area contributed by atoms with E-state index < -0.39 is 10.0 Å². The summed E-state index contributed by atoms with van der Waals surface area (Å²) in [5, 5.41) is 4.89. The van der Waals surface area contributed by atoms with Crippen LogP contribution in [0.1, 0.15) is 39.2 Å². The minimum absolute atomic E-state index is 0.369. The molecule has 104 valence electrons. The van der Waals surface area contributed by atoms with Crippen molar-refractivity contribution in [1.82, 2.24) is 10.0 Å². The normalized spacial score (nSPS) is 12.9. The van der Waals surface area contributed by atoms with Crippen LogP contribution in [0.2, 0.25) is 0 Å². The Kier molecular flexibility index (Phi) is 5.33. The van der Waals surface area contributed by atoms with Gasteiger partial charge >= 0.3 is 0 Å². The van der Waals surface area contributed by atoms with Gasteiger partial charge in [0.25, 0.3) is 10.0 Å². The zero-order chi connectivity index (χ0) is 13.8. The van der Waals surface area contributed by atoms with E-state index in [1.807, 2.05) is 33.2 Å². The van der Waals surface area contributed by atoms with Gasteiger partial charge in [-0.25, -0.2) is 13.1 Å². The van der Waals surface area contributed by atoms with Crippen LogP contribution in [0.25, 0.3) is 0 Å². The van der Waals surface area contributed by atoms with Gasteiger partial charge in [0.1, 0.15) is 4.21 Å². The van der Waals surface area contributed by atoms with Gasteiger partial charge in [0, 0.05) is 12.1 Å². The lowest BCUT2D eigenvalue weighted by Gasteiger charge is -2.27. The molecule has 0 aromatic carbocycles. The van der Waals surface area contributed by atoms with E-state index in [0.717, 1.165) is 18.4 Å². The first-order valence-electron chi connectivity index (χ1n) is 6.13. The maximum absolute atomic E-state index is 12.3. The van der Waals surface area contributed by atoms with E-state index in [-0.39, 0.29) is 5.54 Å². The van der Waals surface area contributed by atoms with Gasteiger partial charge in [0.05, 0.1) is 0 Å². The molecule has 18 heavy (non-hydrogen) atoms. The van der Waals surface area contributed by atoms with Gasteiger partial charge in [-0.05, 0) is 43.8 Å². The van der Waals surface area contributed by atoms with E-state index in [2.05, 4.69) is 10.0 Å². The lowest BCUT2D eigenvalue weighted by atomic mass is 9.98. The van der Waals surface area contributed by atoms with Crippen molar-refractivity contribution in [2.45, 2.75) is 49.9 Å². The fraction of sp³-hybridized carbons (Fsp3) is 0.667. The van der Waals surface area contributed by atoms with Crippen LogP contribution in [0, 0.1) is 0 Å². The molecule has 1 rings (SSSR count). The predicted octanol–water partition coefficient (Wildman–Crippen LogP) is 2.32. The zero-order valence-corrected chi connectivity index (χ0v) is 13.0. The minimum atomic E-state index is -3.40. The molecule has 0 unspecified atom stereocenters. The van der Waals surface area contributed by atoms with E-state index >= 15 is 0 Å². The van der Waals surface area contributed by atoms with Crippen molar-refractivity contribution in [2.75, 3.05) is 7.05 Å². The average molecular weight is 290 g/mol. The van der Waals surface area contributed by atoms with Crippen LogP contribution in [0.4, 0.5) is 0 Å². The molecule has 0 atom stereocenters. The largest absolute Gasteiger partial charge is 0.316 e. The molecule has 0 amide bonds. The molecule has 1 heterocycles. The lowest BCUT2D eigenvalue weighted by Crippen LogP contribution is -2.44. The van der Waals surface area contributed by atoms with Gasteiger partial charge in [-0.1, -0.05) is 13.8 Å². The summed E-state index contributed by atoms with van der Waals surface area (Å²) in [6.07, 6.45) is 1.55. The van der Waals surface area contributed by atoms with Crippen molar-refractivity contribution in [3.8, 4) is 0 Å². The fourth-order valence-corrected chi connectivity index (χ4v) is 4.32. The molecule has 6 heteroatoms. The summed E-state index contributed by atoms with van der Waals surface area (Å²) < 4.78 is 27.7.